The van der Waals surface area contributed by atoms with Gasteiger partial charge in [-0.3, -0.25) is 0 Å². The number of nitrogens with zero attached hydrogens (tertiary/aromatic N) is 1. The third kappa shape index (κ3) is 4.50. The van der Waals surface area contributed by atoms with Gasteiger partial charge in [-0.2, -0.15) is 0 Å². The van der Waals surface area contributed by atoms with Crippen molar-refractivity contribution >= 4 is 6.03 Å². The van der Waals surface area contributed by atoms with Gasteiger partial charge in [0, 0.05) is 25.2 Å². The topological polar surface area (TPSA) is 41.6 Å². The fraction of sp³-hybridized carbons (Fsp3) is 0.267. The first-order valence-corrected chi connectivity index (χ1v) is 6.09. The summed E-state index contributed by atoms with van der Waals surface area (Å²) in [5.41, 5.74) is 0.940. The molecule has 4 heteroatoms. The van der Waals surface area contributed by atoms with Crippen molar-refractivity contribution < 1.29 is 9.53 Å². The van der Waals surface area contributed by atoms with Crippen molar-refractivity contribution in [1.82, 2.24) is 10.2 Å². The molecule has 2 amide bonds. The van der Waals surface area contributed by atoms with Crippen molar-refractivity contribution in [3.05, 3.63) is 55.1 Å². The number of ether oxygens (including phenoxy) is 1. The van der Waals surface area contributed by atoms with Crippen LogP contribution in [0.15, 0.2) is 49.6 Å². The molecule has 0 aliphatic rings. The number of nitrogens with one attached hydrogen (secondary N) is 1. The molecule has 0 aromatic heterocycles. The molecule has 102 valence electrons. The Hall–Kier alpha value is -2.23. The van der Waals surface area contributed by atoms with E-state index in [1.165, 1.54) is 0 Å². The van der Waals surface area contributed by atoms with Gasteiger partial charge in [0.25, 0.3) is 0 Å². The Bertz CT molecular complexity index is 434. The highest BCUT2D eigenvalue weighted by Crippen LogP contribution is 2.16. The Kier molecular flexibility index (Phi) is 6.22. The maximum absolute atomic E-state index is 12.0. The molecule has 1 aromatic carbocycles. The first-order chi connectivity index (χ1) is 9.22. The van der Waals surface area contributed by atoms with Crippen molar-refractivity contribution in [2.45, 2.75) is 6.54 Å². The third-order valence-corrected chi connectivity index (χ3v) is 2.61. The minimum absolute atomic E-state index is 0.147. The molecule has 4 nitrogen and oxygen atoms in total. The SMILES string of the molecule is C=CCN(CC=C)C(=O)NCc1ccccc1OC. The maximum Gasteiger partial charge on any atom is 0.318 e. The molecule has 0 heterocycles. The molecule has 0 fully saturated rings. The molecule has 0 spiro atoms. The average Bonchev–Trinajstić information content (AvgIpc) is 2.44. The Morgan fingerprint density at radius 1 is 1.32 bits per heavy atom. The molecule has 1 rings (SSSR count). The summed E-state index contributed by atoms with van der Waals surface area (Å²) in [7, 11) is 1.61. The minimum atomic E-state index is -0.147. The zero-order valence-corrected chi connectivity index (χ0v) is 11.3. The van der Waals surface area contributed by atoms with Gasteiger partial charge < -0.3 is 15.0 Å². The standard InChI is InChI=1S/C15H20N2O2/c1-4-10-17(11-5-2)15(18)16-12-13-8-6-7-9-14(13)19-3/h4-9H,1-2,10-12H2,3H3,(H,16,18). The van der Waals surface area contributed by atoms with Crippen LogP contribution in [-0.4, -0.2) is 31.1 Å². The van der Waals surface area contributed by atoms with Gasteiger partial charge in [0.1, 0.15) is 5.75 Å². The lowest BCUT2D eigenvalue weighted by atomic mass is 10.2. The number of benzene rings is 1. The number of rotatable bonds is 7. The summed E-state index contributed by atoms with van der Waals surface area (Å²) in [6.45, 7) is 8.67. The summed E-state index contributed by atoms with van der Waals surface area (Å²) in [6, 6.07) is 7.45. The van der Waals surface area contributed by atoms with Crippen LogP contribution in [0.25, 0.3) is 0 Å². The molecular formula is C15H20N2O2. The van der Waals surface area contributed by atoms with E-state index in [4.69, 9.17) is 4.74 Å². The molecule has 0 saturated carbocycles. The largest absolute Gasteiger partial charge is 0.496 e. The second-order valence-electron chi connectivity index (χ2n) is 3.95. The van der Waals surface area contributed by atoms with Gasteiger partial charge in [0.2, 0.25) is 0 Å². The van der Waals surface area contributed by atoms with Crippen LogP contribution in [0.4, 0.5) is 4.79 Å². The first kappa shape index (κ1) is 14.8. The lowest BCUT2D eigenvalue weighted by Gasteiger charge is -2.20. The summed E-state index contributed by atoms with van der Waals surface area (Å²) >= 11 is 0. The van der Waals surface area contributed by atoms with Crippen LogP contribution >= 0.6 is 0 Å². The van der Waals surface area contributed by atoms with Gasteiger partial charge in [0.15, 0.2) is 0 Å². The number of hydrogen-bond donors (Lipinski definition) is 1. The van der Waals surface area contributed by atoms with Crippen molar-refractivity contribution in [3.63, 3.8) is 0 Å². The first-order valence-electron chi connectivity index (χ1n) is 6.09. The second kappa shape index (κ2) is 7.97. The van der Waals surface area contributed by atoms with E-state index in [1.807, 2.05) is 24.3 Å². The van der Waals surface area contributed by atoms with Gasteiger partial charge in [-0.05, 0) is 6.07 Å². The number of para-hydroxylation sites is 1. The zero-order valence-electron chi connectivity index (χ0n) is 11.3. The van der Waals surface area contributed by atoms with E-state index in [0.29, 0.717) is 19.6 Å². The Balaban J connectivity index is 2.61. The lowest BCUT2D eigenvalue weighted by molar-refractivity contribution is 0.207. The summed E-state index contributed by atoms with van der Waals surface area (Å²) < 4.78 is 5.24. The number of carbonyl (C=O) groups is 1. The zero-order chi connectivity index (χ0) is 14.1. The van der Waals surface area contributed by atoms with E-state index in [9.17, 15) is 4.79 Å². The highest BCUT2D eigenvalue weighted by molar-refractivity contribution is 5.74. The van der Waals surface area contributed by atoms with E-state index >= 15 is 0 Å². The van der Waals surface area contributed by atoms with E-state index in [1.54, 1.807) is 24.2 Å². The van der Waals surface area contributed by atoms with E-state index in [2.05, 4.69) is 18.5 Å². The van der Waals surface area contributed by atoms with Crippen molar-refractivity contribution in [2.75, 3.05) is 20.2 Å². The molecule has 0 aliphatic heterocycles. The van der Waals surface area contributed by atoms with Crippen LogP contribution in [0.5, 0.6) is 5.75 Å². The molecule has 0 bridgehead atoms. The van der Waals surface area contributed by atoms with E-state index in [0.717, 1.165) is 11.3 Å². The third-order valence-electron chi connectivity index (χ3n) is 2.61. The normalized spacial score (nSPS) is 9.53. The predicted molar refractivity (Wildman–Crippen MR) is 77.2 cm³/mol. The quantitative estimate of drug-likeness (QED) is 0.766. The Morgan fingerprint density at radius 2 is 1.95 bits per heavy atom. The summed E-state index contributed by atoms with van der Waals surface area (Å²) in [6.07, 6.45) is 3.37. The van der Waals surface area contributed by atoms with Crippen molar-refractivity contribution in [3.8, 4) is 5.75 Å². The highest BCUT2D eigenvalue weighted by Gasteiger charge is 2.10. The van der Waals surface area contributed by atoms with Gasteiger partial charge in [-0.15, -0.1) is 13.2 Å². The predicted octanol–water partition coefficient (Wildman–Crippen LogP) is 2.58. The van der Waals surface area contributed by atoms with Crippen LogP contribution in [0.2, 0.25) is 0 Å². The van der Waals surface area contributed by atoms with Crippen LogP contribution in [0.3, 0.4) is 0 Å². The Labute approximate surface area is 114 Å². The van der Waals surface area contributed by atoms with Crippen molar-refractivity contribution in [1.29, 1.82) is 0 Å². The summed E-state index contributed by atoms with van der Waals surface area (Å²) in [5.74, 6) is 0.766. The fourth-order valence-electron chi connectivity index (χ4n) is 1.68. The maximum atomic E-state index is 12.0. The monoisotopic (exact) mass is 260 g/mol. The van der Waals surface area contributed by atoms with Crippen LogP contribution < -0.4 is 10.1 Å². The van der Waals surface area contributed by atoms with Gasteiger partial charge in [0.05, 0.1) is 7.11 Å². The molecule has 1 N–H and O–H groups in total. The smallest absolute Gasteiger partial charge is 0.318 e. The molecule has 0 aliphatic carbocycles. The fourth-order valence-corrected chi connectivity index (χ4v) is 1.68. The van der Waals surface area contributed by atoms with Gasteiger partial charge in [-0.25, -0.2) is 4.79 Å². The van der Waals surface area contributed by atoms with Crippen LogP contribution in [-0.2, 0) is 6.54 Å². The van der Waals surface area contributed by atoms with Crippen LogP contribution in [0, 0.1) is 0 Å². The average molecular weight is 260 g/mol. The van der Waals surface area contributed by atoms with Crippen molar-refractivity contribution in [2.24, 2.45) is 0 Å². The molecule has 0 unspecified atom stereocenters. The number of methoxy groups -OCH3 is 1. The van der Waals surface area contributed by atoms with E-state index in [-0.39, 0.29) is 6.03 Å². The molecule has 0 atom stereocenters. The lowest BCUT2D eigenvalue weighted by Crippen LogP contribution is -2.39. The molecule has 19 heavy (non-hydrogen) atoms. The van der Waals surface area contributed by atoms with Crippen LogP contribution in [0.1, 0.15) is 5.56 Å². The molecular weight excluding hydrogens is 240 g/mol. The Morgan fingerprint density at radius 3 is 2.53 bits per heavy atom. The number of urea groups is 1. The molecule has 1 aromatic rings. The number of amides is 2. The summed E-state index contributed by atoms with van der Waals surface area (Å²) in [5, 5.41) is 2.85. The number of hydrogen-bond acceptors (Lipinski definition) is 2. The van der Waals surface area contributed by atoms with Gasteiger partial charge >= 0.3 is 6.03 Å². The van der Waals surface area contributed by atoms with E-state index < -0.39 is 0 Å². The summed E-state index contributed by atoms with van der Waals surface area (Å²) in [4.78, 5) is 13.6. The number of carbonyl (C=O) groups excluding carboxylic acids is 1. The van der Waals surface area contributed by atoms with Gasteiger partial charge in [-0.1, -0.05) is 30.4 Å². The second-order valence-corrected chi connectivity index (χ2v) is 3.95. The molecule has 0 saturated heterocycles. The highest BCUT2D eigenvalue weighted by atomic mass is 16.5. The minimum Gasteiger partial charge on any atom is -0.496 e. The molecule has 0 radical (unpaired) electrons.